The lowest BCUT2D eigenvalue weighted by Crippen LogP contribution is -2.20. The zero-order valence-corrected chi connectivity index (χ0v) is 4.89. The highest BCUT2D eigenvalue weighted by atomic mass is 35.5. The van der Waals surface area contributed by atoms with Crippen molar-refractivity contribution in [3.63, 3.8) is 0 Å². The van der Waals surface area contributed by atoms with Crippen LogP contribution < -0.4 is 5.73 Å². The molecule has 1 amide bonds. The summed E-state index contributed by atoms with van der Waals surface area (Å²) in [6, 6.07) is 0. The van der Waals surface area contributed by atoms with Gasteiger partial charge in [-0.15, -0.1) is 11.6 Å². The van der Waals surface area contributed by atoms with E-state index in [4.69, 9.17) is 22.1 Å². The van der Waals surface area contributed by atoms with Crippen molar-refractivity contribution in [3.8, 4) is 0 Å². The Labute approximate surface area is 51.7 Å². The van der Waals surface area contributed by atoms with Crippen LogP contribution in [0.15, 0.2) is 0 Å². The van der Waals surface area contributed by atoms with Gasteiger partial charge in [-0.25, -0.2) is 0 Å². The second kappa shape index (κ2) is 1.91. The lowest BCUT2D eigenvalue weighted by atomic mass is 10.3. The molecule has 0 unspecified atom stereocenters. The third-order valence-corrected chi connectivity index (χ3v) is 1.32. The summed E-state index contributed by atoms with van der Waals surface area (Å²) in [4.78, 5) is 10.2. The average molecular weight is 136 g/mol. The van der Waals surface area contributed by atoms with E-state index >= 15 is 0 Å². The largest absolute Gasteiger partial charge is 0.367 e. The molecule has 2 N–H and O–H groups in total. The Kier molecular flexibility index (Phi) is 1.40. The first kappa shape index (κ1) is 5.85. The number of epoxide rings is 1. The van der Waals surface area contributed by atoms with Gasteiger partial charge in [-0.1, -0.05) is 0 Å². The van der Waals surface area contributed by atoms with Gasteiger partial charge in [0.15, 0.2) is 6.10 Å². The summed E-state index contributed by atoms with van der Waals surface area (Å²) in [6.45, 7) is 0. The summed E-state index contributed by atoms with van der Waals surface area (Å²) in [6.07, 6.45) is -0.526. The van der Waals surface area contributed by atoms with E-state index in [-0.39, 0.29) is 6.10 Å². The molecule has 1 aliphatic heterocycles. The van der Waals surface area contributed by atoms with Gasteiger partial charge in [0.2, 0.25) is 5.91 Å². The molecule has 0 radical (unpaired) electrons. The molecule has 0 spiro atoms. The number of nitrogens with two attached hydrogens (primary N) is 1. The number of amides is 1. The lowest BCUT2D eigenvalue weighted by molar-refractivity contribution is -0.119. The molecule has 1 rings (SSSR count). The third kappa shape index (κ3) is 0.928. The predicted octanol–water partition coefficient (Wildman–Crippen LogP) is -0.522. The Morgan fingerprint density at radius 3 is 2.62 bits per heavy atom. The van der Waals surface area contributed by atoms with Crippen LogP contribution in [0.1, 0.15) is 0 Å². The zero-order valence-electron chi connectivity index (χ0n) is 4.13. The van der Waals surface area contributed by atoms with Crippen LogP contribution in [0, 0.1) is 0 Å². The van der Waals surface area contributed by atoms with Gasteiger partial charge in [0.25, 0.3) is 0 Å². The minimum absolute atomic E-state index is 0.117. The van der Waals surface area contributed by atoms with E-state index in [1.807, 2.05) is 0 Å². The molecule has 0 saturated carbocycles. The fourth-order valence-electron chi connectivity index (χ4n) is 0.511. The first-order valence-electron chi connectivity index (χ1n) is 2.26. The van der Waals surface area contributed by atoms with Gasteiger partial charge in [0, 0.05) is 0 Å². The number of carbonyl (C=O) groups excluding carboxylic acids is 1. The van der Waals surface area contributed by atoms with E-state index in [0.29, 0.717) is 5.88 Å². The Morgan fingerprint density at radius 2 is 2.50 bits per heavy atom. The lowest BCUT2D eigenvalue weighted by Gasteiger charge is -1.78. The quantitative estimate of drug-likeness (QED) is 0.409. The molecule has 8 heavy (non-hydrogen) atoms. The number of alkyl halides is 1. The first-order valence-corrected chi connectivity index (χ1v) is 2.80. The van der Waals surface area contributed by atoms with Gasteiger partial charge in [0.05, 0.1) is 5.88 Å². The van der Waals surface area contributed by atoms with Gasteiger partial charge in [-0.2, -0.15) is 0 Å². The molecule has 46 valence electrons. The average Bonchev–Trinajstić information content (AvgIpc) is 2.42. The van der Waals surface area contributed by atoms with Crippen molar-refractivity contribution in [2.24, 2.45) is 5.73 Å². The van der Waals surface area contributed by atoms with Crippen LogP contribution >= 0.6 is 11.6 Å². The number of carbonyl (C=O) groups is 1. The Balaban J connectivity index is 2.26. The monoisotopic (exact) mass is 135 g/mol. The summed E-state index contributed by atoms with van der Waals surface area (Å²) >= 11 is 5.30. The number of halogens is 1. The maximum absolute atomic E-state index is 10.2. The fourth-order valence-corrected chi connectivity index (χ4v) is 0.745. The molecule has 0 bridgehead atoms. The first-order chi connectivity index (χ1) is 3.75. The summed E-state index contributed by atoms with van der Waals surface area (Å²) in [7, 11) is 0. The number of ether oxygens (including phenoxy) is 1. The topological polar surface area (TPSA) is 55.6 Å². The minimum Gasteiger partial charge on any atom is -0.367 e. The molecular weight excluding hydrogens is 130 g/mol. The van der Waals surface area contributed by atoms with Crippen molar-refractivity contribution < 1.29 is 9.53 Å². The summed E-state index contributed by atoms with van der Waals surface area (Å²) < 4.78 is 4.72. The SMILES string of the molecule is NC(=O)[C@H]1O[C@@H]1CCl. The number of hydrogen-bond donors (Lipinski definition) is 1. The van der Waals surface area contributed by atoms with E-state index in [2.05, 4.69) is 0 Å². The maximum atomic E-state index is 10.2. The molecule has 0 aromatic carbocycles. The number of primary amides is 1. The van der Waals surface area contributed by atoms with Crippen molar-refractivity contribution in [3.05, 3.63) is 0 Å². The third-order valence-electron chi connectivity index (χ3n) is 1.01. The van der Waals surface area contributed by atoms with Crippen LogP contribution in [-0.2, 0) is 9.53 Å². The highest BCUT2D eigenvalue weighted by Crippen LogP contribution is 2.21. The predicted molar refractivity (Wildman–Crippen MR) is 28.6 cm³/mol. The smallest absolute Gasteiger partial charge is 0.249 e. The second-order valence-corrected chi connectivity index (χ2v) is 1.96. The molecule has 1 saturated heterocycles. The molecule has 0 aromatic heterocycles. The maximum Gasteiger partial charge on any atom is 0.249 e. The minimum atomic E-state index is -0.421. The molecule has 3 nitrogen and oxygen atoms in total. The zero-order chi connectivity index (χ0) is 6.15. The van der Waals surface area contributed by atoms with Crippen molar-refractivity contribution in [1.82, 2.24) is 0 Å². The normalized spacial score (nSPS) is 34.6. The van der Waals surface area contributed by atoms with Gasteiger partial charge in [-0.3, -0.25) is 4.79 Å². The molecule has 1 aliphatic rings. The Hall–Kier alpha value is -0.280. The van der Waals surface area contributed by atoms with E-state index in [1.54, 1.807) is 0 Å². The van der Waals surface area contributed by atoms with Crippen LogP contribution in [0.5, 0.6) is 0 Å². The van der Waals surface area contributed by atoms with Crippen LogP contribution in [-0.4, -0.2) is 24.0 Å². The Bertz CT molecular complexity index is 117. The number of rotatable bonds is 2. The van der Waals surface area contributed by atoms with E-state index in [1.165, 1.54) is 0 Å². The highest BCUT2D eigenvalue weighted by molar-refractivity contribution is 6.18. The van der Waals surface area contributed by atoms with E-state index in [9.17, 15) is 4.79 Å². The van der Waals surface area contributed by atoms with Crippen LogP contribution in [0.3, 0.4) is 0 Å². The summed E-state index contributed by atoms with van der Waals surface area (Å²) in [5, 5.41) is 0. The molecule has 1 fully saturated rings. The molecule has 0 aromatic rings. The molecule has 4 heteroatoms. The standard InChI is InChI=1S/C4H6ClNO2/c5-1-2-3(8-2)4(6)7/h2-3H,1H2,(H2,6,7)/t2-,3+/m1/s1. The van der Waals surface area contributed by atoms with Crippen molar-refractivity contribution >= 4 is 17.5 Å². The fraction of sp³-hybridized carbons (Fsp3) is 0.750. The second-order valence-electron chi connectivity index (χ2n) is 1.65. The molecular formula is C4H6ClNO2. The van der Waals surface area contributed by atoms with Gasteiger partial charge >= 0.3 is 0 Å². The van der Waals surface area contributed by atoms with Crippen molar-refractivity contribution in [2.75, 3.05) is 5.88 Å². The molecule has 0 aliphatic carbocycles. The summed E-state index contributed by atoms with van der Waals surface area (Å²) in [5.74, 6) is -0.0659. The van der Waals surface area contributed by atoms with Crippen LogP contribution in [0.2, 0.25) is 0 Å². The van der Waals surface area contributed by atoms with E-state index < -0.39 is 12.0 Å². The highest BCUT2D eigenvalue weighted by Gasteiger charge is 2.42. The number of hydrogen-bond acceptors (Lipinski definition) is 2. The van der Waals surface area contributed by atoms with Crippen molar-refractivity contribution in [1.29, 1.82) is 0 Å². The van der Waals surface area contributed by atoms with Crippen molar-refractivity contribution in [2.45, 2.75) is 12.2 Å². The van der Waals surface area contributed by atoms with Gasteiger partial charge in [0.1, 0.15) is 6.10 Å². The molecule has 2 atom stereocenters. The summed E-state index contributed by atoms with van der Waals surface area (Å²) in [5.41, 5.74) is 4.84. The van der Waals surface area contributed by atoms with Crippen LogP contribution in [0.4, 0.5) is 0 Å². The van der Waals surface area contributed by atoms with Gasteiger partial charge in [-0.05, 0) is 0 Å². The van der Waals surface area contributed by atoms with Gasteiger partial charge < -0.3 is 10.5 Å². The van der Waals surface area contributed by atoms with Crippen LogP contribution in [0.25, 0.3) is 0 Å². The van der Waals surface area contributed by atoms with E-state index in [0.717, 1.165) is 0 Å². The Morgan fingerprint density at radius 1 is 1.88 bits per heavy atom. The molecule has 1 heterocycles.